The highest BCUT2D eigenvalue weighted by Crippen LogP contribution is 2.07. The molecule has 1 rings (SSSR count). The summed E-state index contributed by atoms with van der Waals surface area (Å²) in [5.41, 5.74) is 1.10. The zero-order valence-electron chi connectivity index (χ0n) is 11.8. The van der Waals surface area contributed by atoms with E-state index in [0.717, 1.165) is 5.56 Å². The van der Waals surface area contributed by atoms with Crippen molar-refractivity contribution in [3.63, 3.8) is 0 Å². The summed E-state index contributed by atoms with van der Waals surface area (Å²) < 4.78 is 4.98. The van der Waals surface area contributed by atoms with Gasteiger partial charge in [0.1, 0.15) is 12.1 Å². The highest BCUT2D eigenvalue weighted by molar-refractivity contribution is 5.78. The number of carbonyl (C=O) groups is 2. The molecule has 0 bridgehead atoms. The summed E-state index contributed by atoms with van der Waals surface area (Å²) in [7, 11) is 0. The molecule has 0 aliphatic rings. The molecule has 1 unspecified atom stereocenters. The molecule has 0 radical (unpaired) electrons. The fourth-order valence-electron chi connectivity index (χ4n) is 1.84. The average Bonchev–Trinajstić information content (AvgIpc) is 2.44. The first-order valence-corrected chi connectivity index (χ1v) is 6.74. The summed E-state index contributed by atoms with van der Waals surface area (Å²) in [5, 5.41) is 11.7. The van der Waals surface area contributed by atoms with Crippen LogP contribution >= 0.6 is 0 Å². The lowest BCUT2D eigenvalue weighted by Crippen LogP contribution is -2.46. The van der Waals surface area contributed by atoms with E-state index in [1.165, 1.54) is 6.92 Å². The van der Waals surface area contributed by atoms with E-state index in [9.17, 15) is 9.59 Å². The molecule has 110 valence electrons. The first kappa shape index (κ1) is 16.2. The number of carbonyl (C=O) groups excluding carboxylic acids is 1. The van der Waals surface area contributed by atoms with Crippen molar-refractivity contribution in [3.8, 4) is 0 Å². The van der Waals surface area contributed by atoms with Crippen LogP contribution in [-0.2, 0) is 20.7 Å². The zero-order valence-corrected chi connectivity index (χ0v) is 11.8. The van der Waals surface area contributed by atoms with Gasteiger partial charge >= 0.3 is 11.9 Å². The van der Waals surface area contributed by atoms with E-state index >= 15 is 0 Å². The van der Waals surface area contributed by atoms with Gasteiger partial charge in [-0.05, 0) is 32.3 Å². The predicted octanol–water partition coefficient (Wildman–Crippen LogP) is 1.61. The lowest BCUT2D eigenvalue weighted by Gasteiger charge is -2.19. The number of ether oxygens (including phenoxy) is 1. The minimum Gasteiger partial charge on any atom is -0.480 e. The third-order valence-electron chi connectivity index (χ3n) is 2.96. The van der Waals surface area contributed by atoms with Crippen molar-refractivity contribution >= 4 is 11.9 Å². The zero-order chi connectivity index (χ0) is 15.0. The van der Waals surface area contributed by atoms with Gasteiger partial charge in [-0.2, -0.15) is 0 Å². The standard InChI is InChI=1S/C15H21NO4/c1-3-20-15(19)13(16-11(2)14(17)18)10-9-12-7-5-4-6-8-12/h4-8,11,13,16H,3,9-10H2,1-2H3,(H,17,18)/t11-,13?/m1/s1. The minimum atomic E-state index is -0.987. The summed E-state index contributed by atoms with van der Waals surface area (Å²) >= 11 is 0. The fourth-order valence-corrected chi connectivity index (χ4v) is 1.84. The van der Waals surface area contributed by atoms with Crippen molar-refractivity contribution < 1.29 is 19.4 Å². The Morgan fingerprint density at radius 3 is 2.50 bits per heavy atom. The van der Waals surface area contributed by atoms with Gasteiger partial charge < -0.3 is 9.84 Å². The summed E-state index contributed by atoms with van der Waals surface area (Å²) in [6.07, 6.45) is 1.18. The van der Waals surface area contributed by atoms with Gasteiger partial charge in [0, 0.05) is 0 Å². The van der Waals surface area contributed by atoms with Crippen LogP contribution in [0.15, 0.2) is 30.3 Å². The lowest BCUT2D eigenvalue weighted by molar-refractivity contribution is -0.147. The number of benzene rings is 1. The number of rotatable bonds is 8. The van der Waals surface area contributed by atoms with Crippen LogP contribution in [0.2, 0.25) is 0 Å². The molecule has 5 nitrogen and oxygen atoms in total. The van der Waals surface area contributed by atoms with E-state index < -0.39 is 24.0 Å². The topological polar surface area (TPSA) is 75.6 Å². The Kier molecular flexibility index (Phi) is 6.73. The van der Waals surface area contributed by atoms with Crippen LogP contribution in [0.4, 0.5) is 0 Å². The molecular formula is C15H21NO4. The first-order valence-electron chi connectivity index (χ1n) is 6.74. The smallest absolute Gasteiger partial charge is 0.323 e. The largest absolute Gasteiger partial charge is 0.480 e. The van der Waals surface area contributed by atoms with Crippen molar-refractivity contribution in [1.29, 1.82) is 0 Å². The SMILES string of the molecule is CCOC(=O)C(CCc1ccccc1)N[C@H](C)C(=O)O. The number of carboxylic acids is 1. The predicted molar refractivity (Wildman–Crippen MR) is 75.4 cm³/mol. The van der Waals surface area contributed by atoms with Crippen molar-refractivity contribution in [1.82, 2.24) is 5.32 Å². The molecule has 2 N–H and O–H groups in total. The van der Waals surface area contributed by atoms with Gasteiger partial charge in [-0.15, -0.1) is 0 Å². The van der Waals surface area contributed by atoms with Gasteiger partial charge in [-0.25, -0.2) is 0 Å². The van der Waals surface area contributed by atoms with Crippen molar-refractivity contribution in [3.05, 3.63) is 35.9 Å². The van der Waals surface area contributed by atoms with E-state index in [1.807, 2.05) is 30.3 Å². The van der Waals surface area contributed by atoms with Crippen molar-refractivity contribution in [2.24, 2.45) is 0 Å². The summed E-state index contributed by atoms with van der Waals surface area (Å²) in [6, 6.07) is 8.34. The Hall–Kier alpha value is -1.88. The maximum absolute atomic E-state index is 11.8. The molecule has 0 amide bonds. The molecular weight excluding hydrogens is 258 g/mol. The molecule has 0 fully saturated rings. The van der Waals surface area contributed by atoms with Crippen LogP contribution in [0.1, 0.15) is 25.8 Å². The molecule has 5 heteroatoms. The molecule has 0 saturated heterocycles. The summed E-state index contributed by atoms with van der Waals surface area (Å²) in [6.45, 7) is 3.52. The Balaban J connectivity index is 2.62. The fraction of sp³-hybridized carbons (Fsp3) is 0.467. The third kappa shape index (κ3) is 5.40. The molecule has 0 spiro atoms. The summed E-state index contributed by atoms with van der Waals surface area (Å²) in [4.78, 5) is 22.7. The molecule has 0 saturated carbocycles. The number of esters is 1. The highest BCUT2D eigenvalue weighted by Gasteiger charge is 2.24. The Morgan fingerprint density at radius 1 is 1.30 bits per heavy atom. The summed E-state index contributed by atoms with van der Waals surface area (Å²) in [5.74, 6) is -1.39. The normalized spacial score (nSPS) is 13.5. The third-order valence-corrected chi connectivity index (χ3v) is 2.96. The Labute approximate surface area is 118 Å². The highest BCUT2D eigenvalue weighted by atomic mass is 16.5. The van der Waals surface area contributed by atoms with Crippen molar-refractivity contribution in [2.75, 3.05) is 6.61 Å². The maximum atomic E-state index is 11.8. The second-order valence-corrected chi connectivity index (χ2v) is 4.56. The van der Waals surface area contributed by atoms with Crippen LogP contribution in [0.25, 0.3) is 0 Å². The van der Waals surface area contributed by atoms with E-state index in [2.05, 4.69) is 5.32 Å². The number of carboxylic acid groups (broad SMARTS) is 1. The molecule has 1 aromatic rings. The molecule has 0 heterocycles. The van der Waals surface area contributed by atoms with Gasteiger partial charge in [-0.1, -0.05) is 30.3 Å². The van der Waals surface area contributed by atoms with Crippen LogP contribution in [0, 0.1) is 0 Å². The molecule has 0 aliphatic heterocycles. The second-order valence-electron chi connectivity index (χ2n) is 4.56. The molecule has 2 atom stereocenters. The average molecular weight is 279 g/mol. The van der Waals surface area contributed by atoms with Gasteiger partial charge in [-0.3, -0.25) is 14.9 Å². The number of hydrogen-bond acceptors (Lipinski definition) is 4. The quantitative estimate of drug-likeness (QED) is 0.707. The van der Waals surface area contributed by atoms with Gasteiger partial charge in [0.15, 0.2) is 0 Å². The van der Waals surface area contributed by atoms with Gasteiger partial charge in [0.05, 0.1) is 6.61 Å². The molecule has 20 heavy (non-hydrogen) atoms. The molecule has 0 aliphatic carbocycles. The molecule has 1 aromatic carbocycles. The molecule has 0 aromatic heterocycles. The first-order chi connectivity index (χ1) is 9.54. The van der Waals surface area contributed by atoms with E-state index in [4.69, 9.17) is 9.84 Å². The van der Waals surface area contributed by atoms with E-state index in [0.29, 0.717) is 12.8 Å². The van der Waals surface area contributed by atoms with Crippen LogP contribution in [-0.4, -0.2) is 35.7 Å². The minimum absolute atomic E-state index is 0.282. The Bertz CT molecular complexity index is 433. The van der Waals surface area contributed by atoms with E-state index in [1.54, 1.807) is 6.92 Å². The van der Waals surface area contributed by atoms with Crippen molar-refractivity contribution in [2.45, 2.75) is 38.8 Å². The van der Waals surface area contributed by atoms with Gasteiger partial charge in [0.2, 0.25) is 0 Å². The lowest BCUT2D eigenvalue weighted by atomic mass is 10.0. The number of aryl methyl sites for hydroxylation is 1. The monoisotopic (exact) mass is 279 g/mol. The number of hydrogen-bond donors (Lipinski definition) is 2. The Morgan fingerprint density at radius 2 is 1.95 bits per heavy atom. The maximum Gasteiger partial charge on any atom is 0.323 e. The number of aliphatic carboxylic acids is 1. The van der Waals surface area contributed by atoms with Gasteiger partial charge in [0.25, 0.3) is 0 Å². The van der Waals surface area contributed by atoms with Crippen LogP contribution in [0.5, 0.6) is 0 Å². The second kappa shape index (κ2) is 8.32. The number of nitrogens with one attached hydrogen (secondary N) is 1. The van der Waals surface area contributed by atoms with Crippen LogP contribution in [0.3, 0.4) is 0 Å². The van der Waals surface area contributed by atoms with E-state index in [-0.39, 0.29) is 6.61 Å². The van der Waals surface area contributed by atoms with Crippen LogP contribution < -0.4 is 5.32 Å².